The van der Waals surface area contributed by atoms with Crippen LogP contribution in [0, 0.1) is 0 Å². The predicted molar refractivity (Wildman–Crippen MR) is 74.3 cm³/mol. The number of benzene rings is 1. The molecule has 106 valence electrons. The van der Waals surface area contributed by atoms with E-state index in [0.29, 0.717) is 11.4 Å². The molecule has 1 aromatic carbocycles. The van der Waals surface area contributed by atoms with Gasteiger partial charge in [0.1, 0.15) is 0 Å². The third-order valence-electron chi connectivity index (χ3n) is 3.45. The molecule has 19 heavy (non-hydrogen) atoms. The molecule has 0 bridgehead atoms. The molecule has 2 rings (SSSR count). The summed E-state index contributed by atoms with van der Waals surface area (Å²) in [5, 5.41) is 8.36. The van der Waals surface area contributed by atoms with Crippen LogP contribution < -0.4 is 16.2 Å². The van der Waals surface area contributed by atoms with E-state index < -0.39 is 10.0 Å². The first-order valence-electron chi connectivity index (χ1n) is 6.13. The quantitative estimate of drug-likeness (QED) is 0.712. The van der Waals surface area contributed by atoms with Crippen molar-refractivity contribution in [2.45, 2.75) is 36.3 Å². The summed E-state index contributed by atoms with van der Waals surface area (Å²) in [4.78, 5) is 0.0188. The third kappa shape index (κ3) is 3.17. The summed E-state index contributed by atoms with van der Waals surface area (Å²) in [6, 6.07) is 4.66. The molecule has 0 aliphatic heterocycles. The lowest BCUT2D eigenvalue weighted by Crippen LogP contribution is -2.30. The summed E-state index contributed by atoms with van der Waals surface area (Å²) in [5.74, 6) is 0. The Bertz CT molecular complexity index is 559. The van der Waals surface area contributed by atoms with E-state index in [9.17, 15) is 8.42 Å². The summed E-state index contributed by atoms with van der Waals surface area (Å²) >= 11 is 0. The van der Waals surface area contributed by atoms with Gasteiger partial charge in [-0.25, -0.2) is 13.6 Å². The van der Waals surface area contributed by atoms with Gasteiger partial charge >= 0.3 is 0 Å². The highest BCUT2D eigenvalue weighted by Gasteiger charge is 2.27. The van der Waals surface area contributed by atoms with Crippen molar-refractivity contribution in [2.75, 3.05) is 18.2 Å². The molecule has 0 heterocycles. The smallest absolute Gasteiger partial charge is 0.238 e. The number of ether oxygens (including phenoxy) is 1. The van der Waals surface area contributed by atoms with E-state index in [1.54, 1.807) is 13.2 Å². The van der Waals surface area contributed by atoms with Gasteiger partial charge in [0, 0.05) is 7.11 Å². The van der Waals surface area contributed by atoms with Crippen molar-refractivity contribution >= 4 is 21.4 Å². The number of methoxy groups -OCH3 is 1. The summed E-state index contributed by atoms with van der Waals surface area (Å²) in [7, 11) is -2.02. The van der Waals surface area contributed by atoms with Gasteiger partial charge in [0.25, 0.3) is 0 Å². The molecule has 2 unspecified atom stereocenters. The van der Waals surface area contributed by atoms with Crippen LogP contribution in [0.15, 0.2) is 23.1 Å². The Morgan fingerprint density at radius 1 is 1.37 bits per heavy atom. The predicted octanol–water partition coefficient (Wildman–Crippen LogP) is 0.896. The van der Waals surface area contributed by atoms with Crippen molar-refractivity contribution < 1.29 is 13.2 Å². The average Bonchev–Trinajstić information content (AvgIpc) is 2.77. The van der Waals surface area contributed by atoms with Crippen LogP contribution in [0.3, 0.4) is 0 Å². The van der Waals surface area contributed by atoms with Gasteiger partial charge in [0.2, 0.25) is 10.0 Å². The number of primary sulfonamides is 1. The lowest BCUT2D eigenvalue weighted by atomic mass is 10.2. The van der Waals surface area contributed by atoms with E-state index in [2.05, 4.69) is 5.32 Å². The Morgan fingerprint density at radius 3 is 2.68 bits per heavy atom. The third-order valence-corrected chi connectivity index (χ3v) is 4.36. The van der Waals surface area contributed by atoms with Crippen LogP contribution >= 0.6 is 0 Å². The second-order valence-corrected chi connectivity index (χ2v) is 6.31. The fourth-order valence-corrected chi connectivity index (χ4v) is 2.97. The van der Waals surface area contributed by atoms with E-state index >= 15 is 0 Å². The average molecular weight is 285 g/mol. The number of sulfonamides is 1. The Morgan fingerprint density at radius 2 is 2.11 bits per heavy atom. The zero-order valence-corrected chi connectivity index (χ0v) is 11.6. The lowest BCUT2D eigenvalue weighted by molar-refractivity contribution is 0.101. The van der Waals surface area contributed by atoms with Gasteiger partial charge in [-0.05, 0) is 37.5 Å². The van der Waals surface area contributed by atoms with Crippen molar-refractivity contribution in [3.05, 3.63) is 18.2 Å². The van der Waals surface area contributed by atoms with Crippen molar-refractivity contribution in [3.63, 3.8) is 0 Å². The van der Waals surface area contributed by atoms with Crippen molar-refractivity contribution in [1.82, 2.24) is 0 Å². The molecule has 0 amide bonds. The zero-order chi connectivity index (χ0) is 14.0. The molecule has 0 saturated heterocycles. The molecule has 0 radical (unpaired) electrons. The number of rotatable bonds is 4. The van der Waals surface area contributed by atoms with E-state index in [1.165, 1.54) is 12.1 Å². The first-order valence-corrected chi connectivity index (χ1v) is 7.68. The fourth-order valence-electron chi connectivity index (χ4n) is 2.42. The second-order valence-electron chi connectivity index (χ2n) is 4.75. The number of hydrogen-bond donors (Lipinski definition) is 3. The van der Waals surface area contributed by atoms with E-state index in [1.807, 2.05) is 0 Å². The first kappa shape index (κ1) is 14.1. The summed E-state index contributed by atoms with van der Waals surface area (Å²) in [6.45, 7) is 0. The standard InChI is InChI=1S/C12H19N3O3S/c1-18-12-4-2-3-11(12)15-10-6-5-8(7-9(10)13)19(14,16)17/h5-7,11-12,15H,2-4,13H2,1H3,(H2,14,16,17). The molecule has 5 N–H and O–H groups in total. The monoisotopic (exact) mass is 285 g/mol. The van der Waals surface area contributed by atoms with Crippen LogP contribution in [0.2, 0.25) is 0 Å². The summed E-state index contributed by atoms with van der Waals surface area (Å²) in [5.41, 5.74) is 6.94. The highest BCUT2D eigenvalue weighted by molar-refractivity contribution is 7.89. The molecule has 1 aliphatic rings. The lowest BCUT2D eigenvalue weighted by Gasteiger charge is -2.21. The minimum absolute atomic E-state index is 0.0188. The van der Waals surface area contributed by atoms with Crippen LogP contribution in [-0.2, 0) is 14.8 Å². The van der Waals surface area contributed by atoms with Gasteiger partial charge in [-0.15, -0.1) is 0 Å². The number of hydrogen-bond acceptors (Lipinski definition) is 5. The van der Waals surface area contributed by atoms with Crippen molar-refractivity contribution in [3.8, 4) is 0 Å². The van der Waals surface area contributed by atoms with Gasteiger partial charge in [0.05, 0.1) is 28.4 Å². The number of nitrogens with two attached hydrogens (primary N) is 2. The fraction of sp³-hybridized carbons (Fsp3) is 0.500. The molecule has 0 aromatic heterocycles. The van der Waals surface area contributed by atoms with E-state index in [0.717, 1.165) is 19.3 Å². The number of anilines is 2. The molecule has 6 nitrogen and oxygen atoms in total. The van der Waals surface area contributed by atoms with Gasteiger partial charge in [-0.1, -0.05) is 0 Å². The van der Waals surface area contributed by atoms with Crippen molar-refractivity contribution in [1.29, 1.82) is 0 Å². The van der Waals surface area contributed by atoms with Crippen LogP contribution in [-0.4, -0.2) is 27.7 Å². The minimum atomic E-state index is -3.72. The molecule has 1 fully saturated rings. The highest BCUT2D eigenvalue weighted by atomic mass is 32.2. The Balaban J connectivity index is 2.18. The van der Waals surface area contributed by atoms with Crippen LogP contribution in [0.5, 0.6) is 0 Å². The maximum atomic E-state index is 11.2. The molecule has 2 atom stereocenters. The molecular weight excluding hydrogens is 266 g/mol. The van der Waals surface area contributed by atoms with Gasteiger partial charge < -0.3 is 15.8 Å². The summed E-state index contributed by atoms with van der Waals surface area (Å²) < 4.78 is 27.8. The van der Waals surface area contributed by atoms with Crippen molar-refractivity contribution in [2.24, 2.45) is 5.14 Å². The minimum Gasteiger partial charge on any atom is -0.397 e. The highest BCUT2D eigenvalue weighted by Crippen LogP contribution is 2.28. The largest absolute Gasteiger partial charge is 0.397 e. The van der Waals surface area contributed by atoms with Gasteiger partial charge in [-0.3, -0.25) is 0 Å². The topological polar surface area (TPSA) is 107 Å². The van der Waals surface area contributed by atoms with E-state index in [4.69, 9.17) is 15.6 Å². The molecule has 1 saturated carbocycles. The zero-order valence-electron chi connectivity index (χ0n) is 10.8. The SMILES string of the molecule is COC1CCCC1Nc1ccc(S(N)(=O)=O)cc1N. The Labute approximate surface area is 113 Å². The van der Waals surface area contributed by atoms with Gasteiger partial charge in [-0.2, -0.15) is 0 Å². The van der Waals surface area contributed by atoms with E-state index in [-0.39, 0.29) is 17.0 Å². The Kier molecular flexibility index (Phi) is 3.98. The molecular formula is C12H19N3O3S. The molecule has 0 spiro atoms. The molecule has 1 aromatic rings. The van der Waals surface area contributed by atoms with Crippen LogP contribution in [0.4, 0.5) is 11.4 Å². The second kappa shape index (κ2) is 5.36. The molecule has 1 aliphatic carbocycles. The first-order chi connectivity index (χ1) is 8.91. The molecule has 7 heteroatoms. The number of nitrogens with one attached hydrogen (secondary N) is 1. The van der Waals surface area contributed by atoms with Crippen LogP contribution in [0.25, 0.3) is 0 Å². The maximum absolute atomic E-state index is 11.2. The number of nitrogen functional groups attached to an aromatic ring is 1. The van der Waals surface area contributed by atoms with Crippen LogP contribution in [0.1, 0.15) is 19.3 Å². The normalized spacial score (nSPS) is 23.5. The Hall–Kier alpha value is -1.31. The maximum Gasteiger partial charge on any atom is 0.238 e. The van der Waals surface area contributed by atoms with Gasteiger partial charge in [0.15, 0.2) is 0 Å². The summed E-state index contributed by atoms with van der Waals surface area (Å²) in [6.07, 6.45) is 3.29.